The summed E-state index contributed by atoms with van der Waals surface area (Å²) < 4.78 is 5.26. The molecule has 0 amide bonds. The third kappa shape index (κ3) is 2.62. The van der Waals surface area contributed by atoms with Crippen LogP contribution in [0.15, 0.2) is 29.4 Å². The Balaban J connectivity index is 2.58. The Kier molecular flexibility index (Phi) is 3.73. The zero-order valence-electron chi connectivity index (χ0n) is 6.37. The van der Waals surface area contributed by atoms with Crippen LogP contribution in [0.5, 0.6) is 5.75 Å². The maximum atomic E-state index is 10.0. The molecule has 1 rings (SSSR count). The van der Waals surface area contributed by atoms with Crippen LogP contribution in [0.2, 0.25) is 0 Å². The summed E-state index contributed by atoms with van der Waals surface area (Å²) in [6.45, 7) is 0.619. The minimum Gasteiger partial charge on any atom is -0.493 e. The summed E-state index contributed by atoms with van der Waals surface area (Å²) >= 11 is 3.24. The van der Waals surface area contributed by atoms with Gasteiger partial charge in [-0.05, 0) is 29.4 Å². The largest absolute Gasteiger partial charge is 0.493 e. The molecule has 0 saturated heterocycles. The normalized spacial score (nSPS) is 9.42. The monoisotopic (exact) mass is 229 g/mol. The van der Waals surface area contributed by atoms with Crippen molar-refractivity contribution in [3.05, 3.63) is 29.2 Å². The zero-order valence-corrected chi connectivity index (χ0v) is 7.95. The van der Waals surface area contributed by atoms with Crippen molar-refractivity contribution in [2.75, 3.05) is 11.9 Å². The molecule has 0 radical (unpaired) electrons. The van der Waals surface area contributed by atoms with Crippen molar-refractivity contribution in [2.45, 2.75) is 0 Å². The maximum absolute atomic E-state index is 10.0. The average Bonchev–Trinajstić information content (AvgIpc) is 2.15. The molecule has 1 aromatic rings. The van der Waals surface area contributed by atoms with Crippen LogP contribution in [0.25, 0.3) is 0 Å². The highest BCUT2D eigenvalue weighted by Crippen LogP contribution is 2.17. The Hall–Kier alpha value is -0.900. The lowest BCUT2D eigenvalue weighted by atomic mass is 10.3. The molecule has 0 fully saturated rings. The number of nitrogens with zero attached hydrogens (tertiary/aromatic N) is 1. The maximum Gasteiger partial charge on any atom is 0.119 e. The lowest BCUT2D eigenvalue weighted by molar-refractivity contribution is 0.345. The summed E-state index contributed by atoms with van der Waals surface area (Å²) in [5, 5.41) is 3.57. The van der Waals surface area contributed by atoms with Gasteiger partial charge in [0.25, 0.3) is 0 Å². The molecule has 64 valence electrons. The molecule has 0 atom stereocenters. The summed E-state index contributed by atoms with van der Waals surface area (Å²) in [6.07, 6.45) is 0. The Morgan fingerprint density at radius 1 is 1.33 bits per heavy atom. The van der Waals surface area contributed by atoms with Crippen LogP contribution in [0.4, 0.5) is 5.69 Å². The topological polar surface area (TPSA) is 38.7 Å². The quantitative estimate of drug-likeness (QED) is 0.589. The van der Waals surface area contributed by atoms with Gasteiger partial charge in [0.05, 0.1) is 6.61 Å². The van der Waals surface area contributed by atoms with E-state index < -0.39 is 0 Å². The molecule has 0 heterocycles. The summed E-state index contributed by atoms with van der Waals surface area (Å²) in [5.41, 5.74) is 0.418. The first-order chi connectivity index (χ1) is 5.86. The van der Waals surface area contributed by atoms with E-state index in [1.54, 1.807) is 24.3 Å². The summed E-state index contributed by atoms with van der Waals surface area (Å²) in [4.78, 5) is 10.0. The first-order valence-electron chi connectivity index (χ1n) is 3.49. The van der Waals surface area contributed by atoms with E-state index in [4.69, 9.17) is 4.74 Å². The fourth-order valence-corrected chi connectivity index (χ4v) is 0.922. The number of alkyl halides is 1. The molecule has 1 aromatic carbocycles. The molecule has 0 aromatic heterocycles. The first kappa shape index (κ1) is 9.19. The number of hydrogen-bond acceptors (Lipinski definition) is 3. The van der Waals surface area contributed by atoms with Crippen molar-refractivity contribution < 1.29 is 4.74 Å². The number of halogens is 1. The Morgan fingerprint density at radius 2 is 2.00 bits per heavy atom. The number of hydrogen-bond donors (Lipinski definition) is 0. The van der Waals surface area contributed by atoms with Gasteiger partial charge in [-0.1, -0.05) is 15.9 Å². The third-order valence-electron chi connectivity index (χ3n) is 1.29. The number of ether oxygens (including phenoxy) is 1. The van der Waals surface area contributed by atoms with E-state index in [-0.39, 0.29) is 0 Å². The predicted octanol–water partition coefficient (Wildman–Crippen LogP) is 2.86. The Labute approximate surface area is 78.8 Å². The highest BCUT2D eigenvalue weighted by atomic mass is 79.9. The van der Waals surface area contributed by atoms with Crippen LogP contribution in [-0.2, 0) is 0 Å². The second-order valence-electron chi connectivity index (χ2n) is 2.12. The molecule has 0 bridgehead atoms. The van der Waals surface area contributed by atoms with Gasteiger partial charge in [-0.2, -0.15) is 0 Å². The van der Waals surface area contributed by atoms with Gasteiger partial charge in [0.2, 0.25) is 0 Å². The molecule has 0 saturated carbocycles. The molecule has 0 spiro atoms. The SMILES string of the molecule is O=Nc1ccc(OCCBr)cc1. The fraction of sp³-hybridized carbons (Fsp3) is 0.250. The molecule has 0 N–H and O–H groups in total. The van der Waals surface area contributed by atoms with Gasteiger partial charge in [-0.15, -0.1) is 4.91 Å². The zero-order chi connectivity index (χ0) is 8.81. The molecule has 0 aliphatic rings. The summed E-state index contributed by atoms with van der Waals surface area (Å²) in [6, 6.07) is 6.69. The molecule has 3 nitrogen and oxygen atoms in total. The van der Waals surface area contributed by atoms with E-state index in [1.165, 1.54) is 0 Å². The highest BCUT2D eigenvalue weighted by molar-refractivity contribution is 9.09. The van der Waals surface area contributed by atoms with Crippen LogP contribution in [0.3, 0.4) is 0 Å². The third-order valence-corrected chi connectivity index (χ3v) is 1.61. The van der Waals surface area contributed by atoms with Gasteiger partial charge < -0.3 is 4.74 Å². The molecule has 0 aliphatic carbocycles. The predicted molar refractivity (Wildman–Crippen MR) is 51.2 cm³/mol. The van der Waals surface area contributed by atoms with Gasteiger partial charge in [0, 0.05) is 5.33 Å². The van der Waals surface area contributed by atoms with E-state index in [0.29, 0.717) is 12.3 Å². The number of benzene rings is 1. The van der Waals surface area contributed by atoms with Crippen LogP contribution >= 0.6 is 15.9 Å². The van der Waals surface area contributed by atoms with E-state index in [9.17, 15) is 4.91 Å². The smallest absolute Gasteiger partial charge is 0.119 e. The van der Waals surface area contributed by atoms with Gasteiger partial charge in [-0.3, -0.25) is 0 Å². The van der Waals surface area contributed by atoms with Crippen molar-refractivity contribution >= 4 is 21.6 Å². The number of rotatable bonds is 4. The van der Waals surface area contributed by atoms with Gasteiger partial charge in [0.15, 0.2) is 0 Å². The van der Waals surface area contributed by atoms with Crippen LogP contribution < -0.4 is 4.74 Å². The minimum absolute atomic E-state index is 0.418. The lowest BCUT2D eigenvalue weighted by Gasteiger charge is -2.02. The molecule has 12 heavy (non-hydrogen) atoms. The van der Waals surface area contributed by atoms with Crippen molar-refractivity contribution in [3.63, 3.8) is 0 Å². The van der Waals surface area contributed by atoms with Crippen molar-refractivity contribution in [1.29, 1.82) is 0 Å². The van der Waals surface area contributed by atoms with Crippen LogP contribution in [0.1, 0.15) is 0 Å². The first-order valence-corrected chi connectivity index (χ1v) is 4.61. The number of nitroso groups, excluding NO2 is 1. The van der Waals surface area contributed by atoms with Crippen molar-refractivity contribution in [1.82, 2.24) is 0 Å². The Morgan fingerprint density at radius 3 is 2.50 bits per heavy atom. The van der Waals surface area contributed by atoms with Gasteiger partial charge in [-0.25, -0.2) is 0 Å². The summed E-state index contributed by atoms with van der Waals surface area (Å²) in [5.74, 6) is 0.752. The van der Waals surface area contributed by atoms with Crippen LogP contribution in [-0.4, -0.2) is 11.9 Å². The van der Waals surface area contributed by atoms with E-state index >= 15 is 0 Å². The Bertz CT molecular complexity index is 248. The summed E-state index contributed by atoms with van der Waals surface area (Å²) in [7, 11) is 0. The van der Waals surface area contributed by atoms with Gasteiger partial charge in [0.1, 0.15) is 11.4 Å². The standard InChI is InChI=1S/C8H8BrNO2/c9-5-6-12-8-3-1-7(10-11)2-4-8/h1-4H,5-6H2. The fourth-order valence-electron chi connectivity index (χ4n) is 0.760. The lowest BCUT2D eigenvalue weighted by Crippen LogP contribution is -1.96. The van der Waals surface area contributed by atoms with Crippen molar-refractivity contribution in [3.8, 4) is 5.75 Å². The van der Waals surface area contributed by atoms with Gasteiger partial charge >= 0.3 is 0 Å². The molecule has 0 unspecified atom stereocenters. The van der Waals surface area contributed by atoms with Crippen molar-refractivity contribution in [2.24, 2.45) is 5.18 Å². The van der Waals surface area contributed by atoms with E-state index in [1.807, 2.05) is 0 Å². The second kappa shape index (κ2) is 4.87. The molecular weight excluding hydrogens is 222 g/mol. The van der Waals surface area contributed by atoms with Crippen LogP contribution in [0, 0.1) is 4.91 Å². The average molecular weight is 230 g/mol. The minimum atomic E-state index is 0.418. The highest BCUT2D eigenvalue weighted by Gasteiger charge is 1.93. The molecular formula is C8H8BrNO2. The molecule has 0 aliphatic heterocycles. The molecule has 4 heteroatoms. The van der Waals surface area contributed by atoms with E-state index in [0.717, 1.165) is 11.1 Å². The van der Waals surface area contributed by atoms with E-state index in [2.05, 4.69) is 21.1 Å². The second-order valence-corrected chi connectivity index (χ2v) is 2.92.